The highest BCUT2D eigenvalue weighted by atomic mass is 16.5. The molecular formula is C10H14N2O3. The molecule has 1 saturated carbocycles. The van der Waals surface area contributed by atoms with Gasteiger partial charge in [0.25, 0.3) is 0 Å². The van der Waals surface area contributed by atoms with E-state index in [1.807, 2.05) is 6.92 Å². The molecule has 5 nitrogen and oxygen atoms in total. The first-order chi connectivity index (χ1) is 7.12. The number of aliphatic hydroxyl groups excluding tert-OH is 1. The number of aryl methyl sites for hydroxylation is 1. The van der Waals surface area contributed by atoms with E-state index in [2.05, 4.69) is 14.7 Å². The molecular weight excluding hydrogens is 196 g/mol. The molecule has 0 spiro atoms. The smallest absolute Gasteiger partial charge is 0.335 e. The number of hydrogen-bond donors (Lipinski definition) is 2. The number of ether oxygens (including phenoxy) is 1. The maximum Gasteiger partial charge on any atom is 0.335 e. The van der Waals surface area contributed by atoms with E-state index < -0.39 is 17.5 Å². The Morgan fingerprint density at radius 1 is 1.73 bits per heavy atom. The first-order valence-corrected chi connectivity index (χ1v) is 4.88. The van der Waals surface area contributed by atoms with Gasteiger partial charge in [-0.3, -0.25) is 0 Å². The molecule has 1 unspecified atom stereocenters. The molecule has 0 bridgehead atoms. The Hall–Kier alpha value is -1.36. The van der Waals surface area contributed by atoms with Gasteiger partial charge in [0.15, 0.2) is 6.10 Å². The highest BCUT2D eigenvalue weighted by molar-refractivity contribution is 5.77. The largest absolute Gasteiger partial charge is 0.467 e. The van der Waals surface area contributed by atoms with Gasteiger partial charge in [0.2, 0.25) is 0 Å². The van der Waals surface area contributed by atoms with Crippen LogP contribution < -0.4 is 0 Å². The number of rotatable bonds is 3. The van der Waals surface area contributed by atoms with Crippen molar-refractivity contribution in [2.24, 2.45) is 0 Å². The van der Waals surface area contributed by atoms with Gasteiger partial charge in [-0.25, -0.2) is 9.78 Å². The predicted molar refractivity (Wildman–Crippen MR) is 52.3 cm³/mol. The van der Waals surface area contributed by atoms with Crippen molar-refractivity contribution in [1.82, 2.24) is 9.97 Å². The quantitative estimate of drug-likeness (QED) is 0.703. The monoisotopic (exact) mass is 210 g/mol. The second-order valence-electron chi connectivity index (χ2n) is 3.96. The summed E-state index contributed by atoms with van der Waals surface area (Å²) < 4.78 is 4.55. The predicted octanol–water partition coefficient (Wildman–Crippen LogP) is 0.284. The van der Waals surface area contributed by atoms with Crippen LogP contribution in [0.4, 0.5) is 0 Å². The summed E-state index contributed by atoms with van der Waals surface area (Å²) in [5.74, 6) is -0.588. The molecule has 1 fully saturated rings. The summed E-state index contributed by atoms with van der Waals surface area (Å²) in [6, 6.07) is 0. The normalized spacial score (nSPS) is 19.7. The molecule has 0 aromatic carbocycles. The molecule has 0 radical (unpaired) electrons. The minimum atomic E-state index is -1.11. The Labute approximate surface area is 87.5 Å². The number of aliphatic hydroxyl groups is 1. The fourth-order valence-electron chi connectivity index (χ4n) is 1.97. The Morgan fingerprint density at radius 2 is 2.40 bits per heavy atom. The van der Waals surface area contributed by atoms with E-state index in [0.717, 1.165) is 24.2 Å². The number of carbonyl (C=O) groups excluding carboxylic acids is 1. The highest BCUT2D eigenvalue weighted by Crippen LogP contribution is 2.51. The number of nitrogens with zero attached hydrogens (tertiary/aromatic N) is 1. The van der Waals surface area contributed by atoms with E-state index in [-0.39, 0.29) is 0 Å². The fraction of sp³-hybridized carbons (Fsp3) is 0.600. The molecule has 0 saturated heterocycles. The third kappa shape index (κ3) is 1.43. The van der Waals surface area contributed by atoms with Crippen molar-refractivity contribution in [2.45, 2.75) is 31.3 Å². The summed E-state index contributed by atoms with van der Waals surface area (Å²) in [4.78, 5) is 18.4. The molecule has 2 N–H and O–H groups in total. The second-order valence-corrected chi connectivity index (χ2v) is 3.96. The molecule has 1 atom stereocenters. The van der Waals surface area contributed by atoms with Crippen LogP contribution >= 0.6 is 0 Å². The minimum absolute atomic E-state index is 0.517. The van der Waals surface area contributed by atoms with Crippen molar-refractivity contribution in [2.75, 3.05) is 7.11 Å². The lowest BCUT2D eigenvalue weighted by Crippen LogP contribution is -2.35. The van der Waals surface area contributed by atoms with Crippen molar-refractivity contribution in [3.05, 3.63) is 17.7 Å². The lowest BCUT2D eigenvalue weighted by Gasteiger charge is -2.18. The molecule has 1 heterocycles. The van der Waals surface area contributed by atoms with Gasteiger partial charge in [-0.1, -0.05) is 0 Å². The number of nitrogens with one attached hydrogen (secondary N) is 1. The van der Waals surface area contributed by atoms with Crippen LogP contribution in [0.2, 0.25) is 0 Å². The number of H-pyrrole nitrogens is 1. The van der Waals surface area contributed by atoms with Gasteiger partial charge in [-0.15, -0.1) is 0 Å². The van der Waals surface area contributed by atoms with Gasteiger partial charge in [0, 0.05) is 5.69 Å². The zero-order valence-corrected chi connectivity index (χ0v) is 8.78. The molecule has 0 amide bonds. The van der Waals surface area contributed by atoms with Crippen LogP contribution in [-0.4, -0.2) is 34.3 Å². The average Bonchev–Trinajstić information content (AvgIpc) is 2.94. The summed E-state index contributed by atoms with van der Waals surface area (Å²) >= 11 is 0. The SMILES string of the molecule is COC(=O)C(O)C1(c2nc[nH]c2C)CC1. The molecule has 1 aromatic rings. The number of hydrogen-bond acceptors (Lipinski definition) is 4. The topological polar surface area (TPSA) is 75.2 Å². The maximum absolute atomic E-state index is 11.3. The van der Waals surface area contributed by atoms with Crippen molar-refractivity contribution in [3.8, 4) is 0 Å². The van der Waals surface area contributed by atoms with Crippen molar-refractivity contribution in [3.63, 3.8) is 0 Å². The third-order valence-corrected chi connectivity index (χ3v) is 3.04. The van der Waals surface area contributed by atoms with Crippen molar-refractivity contribution >= 4 is 5.97 Å². The van der Waals surface area contributed by atoms with Gasteiger partial charge in [-0.05, 0) is 19.8 Å². The van der Waals surface area contributed by atoms with E-state index in [1.165, 1.54) is 7.11 Å². The third-order valence-electron chi connectivity index (χ3n) is 3.04. The zero-order valence-electron chi connectivity index (χ0n) is 8.78. The fourth-order valence-corrected chi connectivity index (χ4v) is 1.97. The van der Waals surface area contributed by atoms with Crippen LogP contribution in [0.3, 0.4) is 0 Å². The molecule has 1 aliphatic rings. The Kier molecular flexibility index (Phi) is 2.26. The van der Waals surface area contributed by atoms with Gasteiger partial charge in [0.1, 0.15) is 0 Å². The minimum Gasteiger partial charge on any atom is -0.467 e. The average molecular weight is 210 g/mol. The number of esters is 1. The summed E-state index contributed by atoms with van der Waals surface area (Å²) in [7, 11) is 1.28. The highest BCUT2D eigenvalue weighted by Gasteiger charge is 2.56. The number of methoxy groups -OCH3 is 1. The summed E-state index contributed by atoms with van der Waals surface area (Å²) in [6.45, 7) is 1.88. The van der Waals surface area contributed by atoms with E-state index in [9.17, 15) is 9.90 Å². The van der Waals surface area contributed by atoms with Gasteiger partial charge >= 0.3 is 5.97 Å². The second kappa shape index (κ2) is 3.34. The number of aromatic nitrogens is 2. The van der Waals surface area contributed by atoms with Gasteiger partial charge in [0.05, 0.1) is 24.5 Å². The van der Waals surface area contributed by atoms with Crippen LogP contribution in [0.1, 0.15) is 24.2 Å². The standard InChI is InChI=1S/C10H14N2O3/c1-6-7(12-5-11-6)10(3-4-10)8(13)9(14)15-2/h5,8,13H,3-4H2,1-2H3,(H,11,12). The van der Waals surface area contributed by atoms with Crippen LogP contribution in [0.5, 0.6) is 0 Å². The molecule has 15 heavy (non-hydrogen) atoms. The Balaban J connectivity index is 2.28. The number of carbonyl (C=O) groups is 1. The lowest BCUT2D eigenvalue weighted by molar-refractivity contribution is -0.152. The maximum atomic E-state index is 11.3. The Morgan fingerprint density at radius 3 is 2.80 bits per heavy atom. The van der Waals surface area contributed by atoms with Crippen LogP contribution in [-0.2, 0) is 14.9 Å². The van der Waals surface area contributed by atoms with Gasteiger partial charge < -0.3 is 14.8 Å². The van der Waals surface area contributed by atoms with E-state index >= 15 is 0 Å². The van der Waals surface area contributed by atoms with Crippen LogP contribution in [0, 0.1) is 6.92 Å². The molecule has 0 aliphatic heterocycles. The first-order valence-electron chi connectivity index (χ1n) is 4.88. The molecule has 5 heteroatoms. The van der Waals surface area contributed by atoms with E-state index in [1.54, 1.807) is 6.33 Å². The van der Waals surface area contributed by atoms with Crippen LogP contribution in [0.25, 0.3) is 0 Å². The number of imidazole rings is 1. The summed E-state index contributed by atoms with van der Waals surface area (Å²) in [5, 5.41) is 9.88. The van der Waals surface area contributed by atoms with E-state index in [4.69, 9.17) is 0 Å². The van der Waals surface area contributed by atoms with Crippen molar-refractivity contribution < 1.29 is 14.6 Å². The zero-order chi connectivity index (χ0) is 11.1. The molecule has 1 aliphatic carbocycles. The van der Waals surface area contributed by atoms with Gasteiger partial charge in [-0.2, -0.15) is 0 Å². The summed E-state index contributed by atoms with van der Waals surface area (Å²) in [5.41, 5.74) is 1.16. The number of aromatic amines is 1. The lowest BCUT2D eigenvalue weighted by atomic mass is 9.94. The summed E-state index contributed by atoms with van der Waals surface area (Å²) in [6.07, 6.45) is 2.02. The Bertz CT molecular complexity index is 382. The molecule has 1 aromatic heterocycles. The van der Waals surface area contributed by atoms with E-state index in [0.29, 0.717) is 0 Å². The van der Waals surface area contributed by atoms with Crippen LogP contribution in [0.15, 0.2) is 6.33 Å². The molecule has 2 rings (SSSR count). The first kappa shape index (κ1) is 10.2. The molecule has 82 valence electrons. The van der Waals surface area contributed by atoms with Crippen molar-refractivity contribution in [1.29, 1.82) is 0 Å².